The van der Waals surface area contributed by atoms with Crippen molar-refractivity contribution < 1.29 is 0 Å². The van der Waals surface area contributed by atoms with Crippen molar-refractivity contribution in [2.75, 3.05) is 11.5 Å². The third-order valence-corrected chi connectivity index (χ3v) is 1.89. The van der Waals surface area contributed by atoms with Gasteiger partial charge in [-0.3, -0.25) is 4.98 Å². The highest BCUT2D eigenvalue weighted by molar-refractivity contribution is 7.99. The summed E-state index contributed by atoms with van der Waals surface area (Å²) in [5.41, 5.74) is 6.25. The van der Waals surface area contributed by atoms with Crippen LogP contribution in [0.1, 0.15) is 6.92 Å². The summed E-state index contributed by atoms with van der Waals surface area (Å²) in [5.74, 6) is 1.06. The maximum atomic E-state index is 5.51. The van der Waals surface area contributed by atoms with E-state index < -0.39 is 0 Å². The van der Waals surface area contributed by atoms with Gasteiger partial charge in [0.15, 0.2) is 0 Å². The van der Waals surface area contributed by atoms with E-state index >= 15 is 0 Å². The Balaban J connectivity index is 2.75. The Morgan fingerprint density at radius 2 is 2.40 bits per heavy atom. The predicted molar refractivity (Wildman–Crippen MR) is 45.0 cm³/mol. The minimum atomic E-state index is 0.735. The Kier molecular flexibility index (Phi) is 2.57. The summed E-state index contributed by atoms with van der Waals surface area (Å²) in [4.78, 5) is 5.10. The van der Waals surface area contributed by atoms with Crippen LogP contribution in [0.15, 0.2) is 23.4 Å². The number of hydrogen-bond acceptors (Lipinski definition) is 3. The summed E-state index contributed by atoms with van der Waals surface area (Å²) in [6, 6.07) is 1.93. The Hall–Kier alpha value is -0.700. The molecule has 0 aliphatic heterocycles. The molecule has 0 amide bonds. The molecule has 3 heteroatoms. The Labute approximate surface area is 64.8 Å². The standard InChI is InChI=1S/C7H10N2S/c1-2-10-7-3-6(8)4-9-5-7/h3-5H,2,8H2,1H3. The van der Waals surface area contributed by atoms with Gasteiger partial charge in [0.1, 0.15) is 0 Å². The van der Waals surface area contributed by atoms with E-state index in [0.717, 1.165) is 16.3 Å². The lowest BCUT2D eigenvalue weighted by molar-refractivity contribution is 1.24. The number of hydrogen-bond donors (Lipinski definition) is 1. The first-order chi connectivity index (χ1) is 4.83. The van der Waals surface area contributed by atoms with E-state index in [1.54, 1.807) is 18.0 Å². The van der Waals surface area contributed by atoms with E-state index in [1.807, 2.05) is 12.3 Å². The summed E-state index contributed by atoms with van der Waals surface area (Å²) < 4.78 is 0. The molecule has 0 fully saturated rings. The van der Waals surface area contributed by atoms with Crippen molar-refractivity contribution in [2.24, 2.45) is 0 Å². The fourth-order valence-corrected chi connectivity index (χ4v) is 1.37. The normalized spacial score (nSPS) is 9.70. The zero-order chi connectivity index (χ0) is 7.40. The van der Waals surface area contributed by atoms with Gasteiger partial charge in [-0.2, -0.15) is 0 Å². The van der Waals surface area contributed by atoms with Crippen LogP contribution in [0.5, 0.6) is 0 Å². The number of nitrogens with zero attached hydrogens (tertiary/aromatic N) is 1. The summed E-state index contributed by atoms with van der Waals surface area (Å²) in [6.45, 7) is 2.11. The van der Waals surface area contributed by atoms with Crippen LogP contribution < -0.4 is 5.73 Å². The van der Waals surface area contributed by atoms with Crippen molar-refractivity contribution in [3.63, 3.8) is 0 Å². The van der Waals surface area contributed by atoms with Crippen LogP contribution in [0, 0.1) is 0 Å². The second kappa shape index (κ2) is 3.46. The van der Waals surface area contributed by atoms with Gasteiger partial charge in [0.2, 0.25) is 0 Å². The summed E-state index contributed by atoms with van der Waals surface area (Å²) in [5, 5.41) is 0. The maximum absolute atomic E-state index is 5.51. The molecule has 54 valence electrons. The van der Waals surface area contributed by atoms with Crippen molar-refractivity contribution in [2.45, 2.75) is 11.8 Å². The molecule has 0 spiro atoms. The highest BCUT2D eigenvalue weighted by Gasteiger charge is 1.90. The quantitative estimate of drug-likeness (QED) is 0.660. The first-order valence-corrected chi connectivity index (χ1v) is 4.15. The summed E-state index contributed by atoms with van der Waals surface area (Å²) >= 11 is 1.75. The molecule has 0 aliphatic rings. The molecule has 0 aromatic carbocycles. The van der Waals surface area contributed by atoms with E-state index in [0.29, 0.717) is 0 Å². The molecule has 0 bridgehead atoms. The second-order valence-corrected chi connectivity index (χ2v) is 3.22. The van der Waals surface area contributed by atoms with Crippen LogP contribution >= 0.6 is 11.8 Å². The Morgan fingerprint density at radius 3 is 3.00 bits per heavy atom. The van der Waals surface area contributed by atoms with Gasteiger partial charge in [0.25, 0.3) is 0 Å². The molecule has 0 saturated carbocycles. The largest absolute Gasteiger partial charge is 0.397 e. The molecular formula is C7H10N2S. The highest BCUT2D eigenvalue weighted by atomic mass is 32.2. The molecule has 2 N–H and O–H groups in total. The number of aromatic nitrogens is 1. The molecule has 1 heterocycles. The van der Waals surface area contributed by atoms with Gasteiger partial charge >= 0.3 is 0 Å². The van der Waals surface area contributed by atoms with Crippen LogP contribution in [0.3, 0.4) is 0 Å². The monoisotopic (exact) mass is 154 g/mol. The Morgan fingerprint density at radius 1 is 1.60 bits per heavy atom. The lowest BCUT2D eigenvalue weighted by Gasteiger charge is -1.96. The first-order valence-electron chi connectivity index (χ1n) is 3.16. The van der Waals surface area contributed by atoms with Gasteiger partial charge in [-0.15, -0.1) is 11.8 Å². The molecule has 1 aromatic heterocycles. The van der Waals surface area contributed by atoms with Gasteiger partial charge in [-0.25, -0.2) is 0 Å². The fraction of sp³-hybridized carbons (Fsp3) is 0.286. The van der Waals surface area contributed by atoms with Crippen molar-refractivity contribution in [3.8, 4) is 0 Å². The number of anilines is 1. The van der Waals surface area contributed by atoms with Crippen LogP contribution in [0.25, 0.3) is 0 Å². The van der Waals surface area contributed by atoms with Gasteiger partial charge in [0, 0.05) is 17.3 Å². The number of thioether (sulfide) groups is 1. The third kappa shape index (κ3) is 1.92. The van der Waals surface area contributed by atoms with E-state index in [4.69, 9.17) is 5.73 Å². The van der Waals surface area contributed by atoms with Crippen LogP contribution in [-0.4, -0.2) is 10.7 Å². The van der Waals surface area contributed by atoms with Gasteiger partial charge in [0.05, 0.1) is 5.69 Å². The van der Waals surface area contributed by atoms with E-state index in [9.17, 15) is 0 Å². The molecule has 10 heavy (non-hydrogen) atoms. The van der Waals surface area contributed by atoms with Crippen LogP contribution in [-0.2, 0) is 0 Å². The van der Waals surface area contributed by atoms with Crippen molar-refractivity contribution >= 4 is 17.4 Å². The molecule has 0 unspecified atom stereocenters. The maximum Gasteiger partial charge on any atom is 0.0511 e. The van der Waals surface area contributed by atoms with Crippen molar-refractivity contribution in [1.29, 1.82) is 0 Å². The molecule has 1 aromatic rings. The lowest BCUT2D eigenvalue weighted by Crippen LogP contribution is -1.85. The molecule has 0 aliphatic carbocycles. The molecular weight excluding hydrogens is 144 g/mol. The van der Waals surface area contributed by atoms with Crippen molar-refractivity contribution in [1.82, 2.24) is 4.98 Å². The number of pyridine rings is 1. The van der Waals surface area contributed by atoms with E-state index in [2.05, 4.69) is 11.9 Å². The van der Waals surface area contributed by atoms with Gasteiger partial charge in [-0.05, 0) is 11.8 Å². The lowest BCUT2D eigenvalue weighted by atomic mass is 10.4. The smallest absolute Gasteiger partial charge is 0.0511 e. The highest BCUT2D eigenvalue weighted by Crippen LogP contribution is 2.17. The minimum absolute atomic E-state index is 0.735. The zero-order valence-corrected chi connectivity index (χ0v) is 6.69. The molecule has 0 radical (unpaired) electrons. The third-order valence-electron chi connectivity index (χ3n) is 1.05. The summed E-state index contributed by atoms with van der Waals surface area (Å²) in [7, 11) is 0. The topological polar surface area (TPSA) is 38.9 Å². The number of rotatable bonds is 2. The van der Waals surface area contributed by atoms with Crippen molar-refractivity contribution in [3.05, 3.63) is 18.5 Å². The van der Waals surface area contributed by atoms with Crippen LogP contribution in [0.2, 0.25) is 0 Å². The van der Waals surface area contributed by atoms with E-state index in [1.165, 1.54) is 0 Å². The minimum Gasteiger partial charge on any atom is -0.397 e. The molecule has 0 saturated heterocycles. The zero-order valence-electron chi connectivity index (χ0n) is 5.87. The number of nitrogen functional groups attached to an aromatic ring is 1. The molecule has 1 rings (SSSR count). The SMILES string of the molecule is CCSc1cncc(N)c1. The van der Waals surface area contributed by atoms with E-state index in [-0.39, 0.29) is 0 Å². The average Bonchev–Trinajstić information content (AvgIpc) is 1.88. The number of nitrogens with two attached hydrogens (primary N) is 1. The Bertz CT molecular complexity index is 213. The van der Waals surface area contributed by atoms with Gasteiger partial charge < -0.3 is 5.73 Å². The van der Waals surface area contributed by atoms with Gasteiger partial charge in [-0.1, -0.05) is 6.92 Å². The fourth-order valence-electron chi connectivity index (χ4n) is 0.681. The average molecular weight is 154 g/mol. The first kappa shape index (κ1) is 7.41. The van der Waals surface area contributed by atoms with Crippen LogP contribution in [0.4, 0.5) is 5.69 Å². The summed E-state index contributed by atoms with van der Waals surface area (Å²) in [6.07, 6.45) is 3.48. The predicted octanol–water partition coefficient (Wildman–Crippen LogP) is 1.78. The molecule has 2 nitrogen and oxygen atoms in total. The second-order valence-electron chi connectivity index (χ2n) is 1.89. The molecule has 0 atom stereocenters.